The second-order valence-corrected chi connectivity index (χ2v) is 4.51. The third kappa shape index (κ3) is 3.60. The molecule has 2 aromatic rings. The second-order valence-electron chi connectivity index (χ2n) is 4.51. The Bertz CT molecular complexity index is 491. The molecule has 0 fully saturated rings. The third-order valence-electron chi connectivity index (χ3n) is 2.94. The van der Waals surface area contributed by atoms with Crippen molar-refractivity contribution in [2.45, 2.75) is 19.9 Å². The lowest BCUT2D eigenvalue weighted by molar-refractivity contribution is 0.299. The van der Waals surface area contributed by atoms with Crippen LogP contribution in [0.4, 0.5) is 5.69 Å². The lowest BCUT2D eigenvalue weighted by atomic mass is 10.1. The Morgan fingerprint density at radius 1 is 1.00 bits per heavy atom. The van der Waals surface area contributed by atoms with Crippen molar-refractivity contribution in [1.82, 2.24) is 0 Å². The molecule has 2 aromatic carbocycles. The van der Waals surface area contributed by atoms with Crippen LogP contribution in [0.2, 0.25) is 0 Å². The topological polar surface area (TPSA) is 32.3 Å². The van der Waals surface area contributed by atoms with Gasteiger partial charge in [-0.3, -0.25) is 0 Å². The highest BCUT2D eigenvalue weighted by atomic mass is 16.2. The van der Waals surface area contributed by atoms with E-state index in [-0.39, 0.29) is 6.61 Å². The number of hydrogen-bond acceptors (Lipinski definition) is 2. The molecule has 18 heavy (non-hydrogen) atoms. The number of hydrogen-bond donors (Lipinski definition) is 2. The van der Waals surface area contributed by atoms with E-state index in [1.54, 1.807) is 0 Å². The highest BCUT2D eigenvalue weighted by molar-refractivity contribution is 5.46. The molecule has 0 atom stereocenters. The van der Waals surface area contributed by atoms with Crippen LogP contribution in [0.3, 0.4) is 0 Å². The summed E-state index contributed by atoms with van der Waals surface area (Å²) in [6.07, 6.45) is 0.708. The first kappa shape index (κ1) is 12.7. The summed E-state index contributed by atoms with van der Waals surface area (Å²) in [6, 6.07) is 16.7. The molecular formula is C16H19NO. The molecule has 2 nitrogen and oxygen atoms in total. The van der Waals surface area contributed by atoms with Gasteiger partial charge >= 0.3 is 0 Å². The van der Waals surface area contributed by atoms with E-state index in [0.717, 1.165) is 17.8 Å². The molecule has 0 spiro atoms. The van der Waals surface area contributed by atoms with Crippen LogP contribution in [0.1, 0.15) is 16.7 Å². The molecule has 2 N–H and O–H groups in total. The van der Waals surface area contributed by atoms with Crippen LogP contribution in [-0.2, 0) is 13.0 Å². The van der Waals surface area contributed by atoms with Crippen LogP contribution < -0.4 is 5.32 Å². The van der Waals surface area contributed by atoms with Gasteiger partial charge in [0.05, 0.1) is 0 Å². The van der Waals surface area contributed by atoms with Gasteiger partial charge in [-0.05, 0) is 36.6 Å². The minimum Gasteiger partial charge on any atom is -0.396 e. The van der Waals surface area contributed by atoms with E-state index in [4.69, 9.17) is 5.11 Å². The molecule has 0 bridgehead atoms. The molecule has 0 aliphatic carbocycles. The SMILES string of the molecule is Cc1ccc(CNc2cccc(CCO)c2)cc1. The fourth-order valence-corrected chi connectivity index (χ4v) is 1.88. The van der Waals surface area contributed by atoms with Crippen molar-refractivity contribution in [1.29, 1.82) is 0 Å². The largest absolute Gasteiger partial charge is 0.396 e. The maximum absolute atomic E-state index is 8.92. The average molecular weight is 241 g/mol. The Labute approximate surface area is 108 Å². The zero-order chi connectivity index (χ0) is 12.8. The van der Waals surface area contributed by atoms with Gasteiger partial charge in [-0.15, -0.1) is 0 Å². The van der Waals surface area contributed by atoms with Crippen LogP contribution in [0.5, 0.6) is 0 Å². The summed E-state index contributed by atoms with van der Waals surface area (Å²) >= 11 is 0. The summed E-state index contributed by atoms with van der Waals surface area (Å²) in [6.45, 7) is 3.11. The van der Waals surface area contributed by atoms with E-state index >= 15 is 0 Å². The number of rotatable bonds is 5. The van der Waals surface area contributed by atoms with Crippen molar-refractivity contribution in [2.24, 2.45) is 0 Å². The predicted molar refractivity (Wildman–Crippen MR) is 75.7 cm³/mol. The van der Waals surface area contributed by atoms with Crippen LogP contribution in [0.15, 0.2) is 48.5 Å². The van der Waals surface area contributed by atoms with Gasteiger partial charge in [0.25, 0.3) is 0 Å². The number of aliphatic hydroxyl groups is 1. The molecule has 0 aliphatic rings. The molecule has 0 aromatic heterocycles. The molecule has 0 radical (unpaired) electrons. The molecule has 0 amide bonds. The van der Waals surface area contributed by atoms with Crippen LogP contribution >= 0.6 is 0 Å². The number of aliphatic hydroxyl groups excluding tert-OH is 1. The highest BCUT2D eigenvalue weighted by Gasteiger charge is 1.96. The lowest BCUT2D eigenvalue weighted by Crippen LogP contribution is -2.00. The van der Waals surface area contributed by atoms with Gasteiger partial charge in [0.2, 0.25) is 0 Å². The quantitative estimate of drug-likeness (QED) is 0.843. The number of aryl methyl sites for hydroxylation is 1. The highest BCUT2D eigenvalue weighted by Crippen LogP contribution is 2.13. The second kappa shape index (κ2) is 6.22. The number of benzene rings is 2. The van der Waals surface area contributed by atoms with E-state index in [1.807, 2.05) is 12.1 Å². The smallest absolute Gasteiger partial charge is 0.0471 e. The number of nitrogens with one attached hydrogen (secondary N) is 1. The van der Waals surface area contributed by atoms with Gasteiger partial charge in [-0.1, -0.05) is 42.0 Å². The first-order chi connectivity index (χ1) is 8.78. The van der Waals surface area contributed by atoms with E-state index in [9.17, 15) is 0 Å². The molecule has 0 unspecified atom stereocenters. The van der Waals surface area contributed by atoms with Gasteiger partial charge in [0.15, 0.2) is 0 Å². The molecule has 0 aliphatic heterocycles. The normalized spacial score (nSPS) is 10.3. The summed E-state index contributed by atoms with van der Waals surface area (Å²) in [4.78, 5) is 0. The maximum atomic E-state index is 8.92. The minimum absolute atomic E-state index is 0.196. The molecule has 0 saturated carbocycles. The van der Waals surface area contributed by atoms with Crippen LogP contribution in [0, 0.1) is 6.92 Å². The lowest BCUT2D eigenvalue weighted by Gasteiger charge is -2.08. The monoisotopic (exact) mass is 241 g/mol. The Kier molecular flexibility index (Phi) is 4.37. The molecule has 0 heterocycles. The Balaban J connectivity index is 1.97. The van der Waals surface area contributed by atoms with Gasteiger partial charge in [-0.25, -0.2) is 0 Å². The summed E-state index contributed by atoms with van der Waals surface area (Å²) in [7, 11) is 0. The van der Waals surface area contributed by atoms with Gasteiger partial charge in [-0.2, -0.15) is 0 Å². The summed E-state index contributed by atoms with van der Waals surface area (Å²) in [5, 5.41) is 12.3. The van der Waals surface area contributed by atoms with Gasteiger partial charge < -0.3 is 10.4 Å². The Hall–Kier alpha value is -1.80. The fraction of sp³-hybridized carbons (Fsp3) is 0.250. The molecule has 0 saturated heterocycles. The van der Waals surface area contributed by atoms with Crippen molar-refractivity contribution < 1.29 is 5.11 Å². The van der Waals surface area contributed by atoms with Crippen molar-refractivity contribution in [3.63, 3.8) is 0 Å². The van der Waals surface area contributed by atoms with Gasteiger partial charge in [0.1, 0.15) is 0 Å². The van der Waals surface area contributed by atoms with E-state index in [0.29, 0.717) is 6.42 Å². The third-order valence-corrected chi connectivity index (χ3v) is 2.94. The van der Waals surface area contributed by atoms with Crippen molar-refractivity contribution in [3.8, 4) is 0 Å². The Morgan fingerprint density at radius 2 is 1.78 bits per heavy atom. The fourth-order valence-electron chi connectivity index (χ4n) is 1.88. The van der Waals surface area contributed by atoms with Crippen molar-refractivity contribution >= 4 is 5.69 Å². The maximum Gasteiger partial charge on any atom is 0.0471 e. The van der Waals surface area contributed by atoms with E-state index < -0.39 is 0 Å². The Morgan fingerprint density at radius 3 is 2.50 bits per heavy atom. The predicted octanol–water partition coefficient (Wildman–Crippen LogP) is 3.14. The average Bonchev–Trinajstić information content (AvgIpc) is 2.39. The first-order valence-corrected chi connectivity index (χ1v) is 6.27. The van der Waals surface area contributed by atoms with E-state index in [1.165, 1.54) is 11.1 Å². The zero-order valence-electron chi connectivity index (χ0n) is 10.7. The van der Waals surface area contributed by atoms with Crippen LogP contribution in [0.25, 0.3) is 0 Å². The van der Waals surface area contributed by atoms with Crippen molar-refractivity contribution in [3.05, 3.63) is 65.2 Å². The van der Waals surface area contributed by atoms with Crippen LogP contribution in [-0.4, -0.2) is 11.7 Å². The van der Waals surface area contributed by atoms with E-state index in [2.05, 4.69) is 48.6 Å². The summed E-state index contributed by atoms with van der Waals surface area (Å²) < 4.78 is 0. The molecule has 2 heteroatoms. The first-order valence-electron chi connectivity index (χ1n) is 6.27. The molecular weight excluding hydrogens is 222 g/mol. The molecule has 94 valence electrons. The standard InChI is InChI=1S/C16H19NO/c1-13-5-7-15(8-6-13)12-17-16-4-2-3-14(11-16)9-10-18/h2-8,11,17-18H,9-10,12H2,1H3. The van der Waals surface area contributed by atoms with Gasteiger partial charge in [0, 0.05) is 18.8 Å². The minimum atomic E-state index is 0.196. The molecule has 2 rings (SSSR count). The number of anilines is 1. The van der Waals surface area contributed by atoms with Crippen molar-refractivity contribution in [2.75, 3.05) is 11.9 Å². The summed E-state index contributed by atoms with van der Waals surface area (Å²) in [5.41, 5.74) is 4.81. The summed E-state index contributed by atoms with van der Waals surface area (Å²) in [5.74, 6) is 0. The zero-order valence-corrected chi connectivity index (χ0v) is 10.7.